The van der Waals surface area contributed by atoms with Gasteiger partial charge in [-0.3, -0.25) is 4.79 Å². The van der Waals surface area contributed by atoms with Gasteiger partial charge < -0.3 is 15.2 Å². The Labute approximate surface area is 123 Å². The molecule has 21 heavy (non-hydrogen) atoms. The molecule has 2 rings (SSSR count). The second-order valence-corrected chi connectivity index (χ2v) is 4.19. The molecule has 0 aromatic heterocycles. The van der Waals surface area contributed by atoms with E-state index in [-0.39, 0.29) is 12.5 Å². The summed E-state index contributed by atoms with van der Waals surface area (Å²) in [5.41, 5.74) is 1.89. The van der Waals surface area contributed by atoms with Crippen LogP contribution in [0.3, 0.4) is 0 Å². The first-order valence-electron chi connectivity index (χ1n) is 6.38. The highest BCUT2D eigenvalue weighted by molar-refractivity contribution is 6.05. The van der Waals surface area contributed by atoms with Gasteiger partial charge in [-0.05, 0) is 36.4 Å². The Balaban J connectivity index is 2.13. The van der Waals surface area contributed by atoms with Crippen LogP contribution in [0.5, 0.6) is 5.75 Å². The van der Waals surface area contributed by atoms with Crippen molar-refractivity contribution in [2.24, 2.45) is 0 Å². The molecule has 0 fully saturated rings. The number of ether oxygens (including phenoxy) is 1. The number of carbonyl (C=O) groups is 1. The van der Waals surface area contributed by atoms with Gasteiger partial charge >= 0.3 is 0 Å². The first-order valence-corrected chi connectivity index (χ1v) is 6.38. The topological polar surface area (TPSA) is 58.6 Å². The maximum atomic E-state index is 12.2. The molecule has 0 radical (unpaired) electrons. The van der Waals surface area contributed by atoms with Gasteiger partial charge in [-0.1, -0.05) is 24.0 Å². The van der Waals surface area contributed by atoms with Gasteiger partial charge in [-0.15, -0.1) is 0 Å². The van der Waals surface area contributed by atoms with Gasteiger partial charge in [0.25, 0.3) is 5.91 Å². The smallest absolute Gasteiger partial charge is 0.255 e. The Hall–Kier alpha value is -2.77. The van der Waals surface area contributed by atoms with Gasteiger partial charge in [0.15, 0.2) is 0 Å². The van der Waals surface area contributed by atoms with Crippen molar-refractivity contribution < 1.29 is 14.6 Å². The maximum absolute atomic E-state index is 12.2. The van der Waals surface area contributed by atoms with Crippen molar-refractivity contribution in [2.45, 2.75) is 0 Å². The Kier molecular flexibility index (Phi) is 4.97. The molecule has 0 atom stereocenters. The molecule has 0 saturated carbocycles. The quantitative estimate of drug-likeness (QED) is 0.849. The fourth-order valence-electron chi connectivity index (χ4n) is 1.79. The second kappa shape index (κ2) is 7.13. The van der Waals surface area contributed by atoms with Gasteiger partial charge in [0, 0.05) is 11.1 Å². The monoisotopic (exact) mass is 281 g/mol. The molecule has 0 aliphatic rings. The van der Waals surface area contributed by atoms with Crippen molar-refractivity contribution >= 4 is 11.6 Å². The standard InChI is InChI=1S/C17H15NO3/c1-21-16-7-3-2-6-15(16)18-17(20)14-10-8-13(9-11-14)5-4-12-19/h2-3,6-11,19H,12H2,1H3,(H,18,20). The number of hydrogen-bond acceptors (Lipinski definition) is 3. The van der Waals surface area contributed by atoms with Gasteiger partial charge in [-0.2, -0.15) is 0 Å². The van der Waals surface area contributed by atoms with Crippen LogP contribution in [0.15, 0.2) is 48.5 Å². The van der Waals surface area contributed by atoms with Crippen LogP contribution in [0.4, 0.5) is 5.69 Å². The molecule has 0 saturated heterocycles. The molecular weight excluding hydrogens is 266 g/mol. The zero-order valence-electron chi connectivity index (χ0n) is 11.6. The minimum absolute atomic E-state index is 0.184. The van der Waals surface area contributed by atoms with E-state index in [1.165, 1.54) is 0 Å². The lowest BCUT2D eigenvalue weighted by molar-refractivity contribution is 0.102. The van der Waals surface area contributed by atoms with Crippen LogP contribution in [0, 0.1) is 11.8 Å². The van der Waals surface area contributed by atoms with Crippen LogP contribution >= 0.6 is 0 Å². The highest BCUT2D eigenvalue weighted by Crippen LogP contribution is 2.23. The summed E-state index contributed by atoms with van der Waals surface area (Å²) in [5.74, 6) is 5.72. The molecule has 0 bridgehead atoms. The third-order valence-electron chi connectivity index (χ3n) is 2.81. The summed E-state index contributed by atoms with van der Waals surface area (Å²) in [4.78, 5) is 12.2. The highest BCUT2D eigenvalue weighted by atomic mass is 16.5. The number of nitrogens with one attached hydrogen (secondary N) is 1. The van der Waals surface area contributed by atoms with Crippen LogP contribution in [-0.4, -0.2) is 24.7 Å². The minimum atomic E-state index is -0.221. The van der Waals surface area contributed by atoms with Crippen molar-refractivity contribution in [3.05, 3.63) is 59.7 Å². The van der Waals surface area contributed by atoms with Crippen LogP contribution < -0.4 is 10.1 Å². The van der Waals surface area contributed by atoms with E-state index >= 15 is 0 Å². The van der Waals surface area contributed by atoms with Gasteiger partial charge in [-0.25, -0.2) is 0 Å². The van der Waals surface area contributed by atoms with E-state index in [4.69, 9.17) is 9.84 Å². The summed E-state index contributed by atoms with van der Waals surface area (Å²) in [6, 6.07) is 14.1. The first kappa shape index (κ1) is 14.6. The van der Waals surface area contributed by atoms with Crippen molar-refractivity contribution in [1.29, 1.82) is 0 Å². The molecule has 0 aliphatic heterocycles. The Bertz CT molecular complexity index is 681. The molecule has 1 amide bonds. The molecular formula is C17H15NO3. The average Bonchev–Trinajstić information content (AvgIpc) is 2.54. The summed E-state index contributed by atoms with van der Waals surface area (Å²) in [5, 5.41) is 11.4. The molecule has 2 aromatic carbocycles. The van der Waals surface area contributed by atoms with Gasteiger partial charge in [0.2, 0.25) is 0 Å². The van der Waals surface area contributed by atoms with Gasteiger partial charge in [0.1, 0.15) is 12.4 Å². The zero-order valence-corrected chi connectivity index (χ0v) is 11.6. The number of aliphatic hydroxyl groups excluding tert-OH is 1. The van der Waals surface area contributed by atoms with Gasteiger partial charge in [0.05, 0.1) is 12.8 Å². The Morgan fingerprint density at radius 3 is 2.57 bits per heavy atom. The van der Waals surface area contributed by atoms with Crippen molar-refractivity contribution in [2.75, 3.05) is 19.0 Å². The number of benzene rings is 2. The lowest BCUT2D eigenvalue weighted by Gasteiger charge is -2.09. The number of methoxy groups -OCH3 is 1. The number of carbonyl (C=O) groups excluding carboxylic acids is 1. The van der Waals surface area contributed by atoms with Crippen molar-refractivity contribution in [3.8, 4) is 17.6 Å². The van der Waals surface area contributed by atoms with E-state index in [9.17, 15) is 4.79 Å². The van der Waals surface area contributed by atoms with E-state index in [1.54, 1.807) is 43.5 Å². The summed E-state index contributed by atoms with van der Waals surface area (Å²) < 4.78 is 5.19. The number of amides is 1. The van der Waals surface area contributed by atoms with Crippen molar-refractivity contribution in [1.82, 2.24) is 0 Å². The average molecular weight is 281 g/mol. The molecule has 0 spiro atoms. The van der Waals surface area contributed by atoms with E-state index in [0.29, 0.717) is 17.0 Å². The number of aliphatic hydroxyl groups is 1. The third kappa shape index (κ3) is 3.85. The number of para-hydroxylation sites is 2. The normalized spacial score (nSPS) is 9.43. The largest absolute Gasteiger partial charge is 0.495 e. The highest BCUT2D eigenvalue weighted by Gasteiger charge is 2.08. The Morgan fingerprint density at radius 2 is 1.90 bits per heavy atom. The SMILES string of the molecule is COc1ccccc1NC(=O)c1ccc(C#CCO)cc1. The minimum Gasteiger partial charge on any atom is -0.495 e. The predicted octanol–water partition coefficient (Wildman–Crippen LogP) is 2.29. The zero-order chi connectivity index (χ0) is 15.1. The van der Waals surface area contributed by atoms with E-state index in [0.717, 1.165) is 5.56 Å². The molecule has 0 aliphatic carbocycles. The number of hydrogen-bond donors (Lipinski definition) is 2. The first-order chi connectivity index (χ1) is 10.2. The molecule has 4 nitrogen and oxygen atoms in total. The molecule has 0 heterocycles. The molecule has 2 N–H and O–H groups in total. The fraction of sp³-hybridized carbons (Fsp3) is 0.118. The summed E-state index contributed by atoms with van der Waals surface area (Å²) in [6.07, 6.45) is 0. The molecule has 2 aromatic rings. The fourth-order valence-corrected chi connectivity index (χ4v) is 1.79. The molecule has 0 unspecified atom stereocenters. The maximum Gasteiger partial charge on any atom is 0.255 e. The van der Waals surface area contributed by atoms with E-state index < -0.39 is 0 Å². The summed E-state index contributed by atoms with van der Waals surface area (Å²) in [7, 11) is 1.56. The third-order valence-corrected chi connectivity index (χ3v) is 2.81. The molecule has 106 valence electrons. The van der Waals surface area contributed by atoms with Crippen LogP contribution in [0.25, 0.3) is 0 Å². The second-order valence-electron chi connectivity index (χ2n) is 4.19. The predicted molar refractivity (Wildman–Crippen MR) is 81.4 cm³/mol. The van der Waals surface area contributed by atoms with Crippen LogP contribution in [-0.2, 0) is 0 Å². The lowest BCUT2D eigenvalue weighted by atomic mass is 10.1. The summed E-state index contributed by atoms with van der Waals surface area (Å²) in [6.45, 7) is -0.184. The van der Waals surface area contributed by atoms with E-state index in [2.05, 4.69) is 17.2 Å². The van der Waals surface area contributed by atoms with Crippen molar-refractivity contribution in [3.63, 3.8) is 0 Å². The lowest BCUT2D eigenvalue weighted by Crippen LogP contribution is -2.12. The Morgan fingerprint density at radius 1 is 1.19 bits per heavy atom. The number of anilines is 1. The van der Waals surface area contributed by atoms with E-state index in [1.807, 2.05) is 12.1 Å². The summed E-state index contributed by atoms with van der Waals surface area (Å²) >= 11 is 0. The number of rotatable bonds is 3. The molecule has 4 heteroatoms. The van der Waals surface area contributed by atoms with Crippen LogP contribution in [0.1, 0.15) is 15.9 Å². The van der Waals surface area contributed by atoms with Crippen LogP contribution in [0.2, 0.25) is 0 Å².